The fourth-order valence-corrected chi connectivity index (χ4v) is 4.63. The Hall–Kier alpha value is -2.29. The highest BCUT2D eigenvalue weighted by Gasteiger charge is 2.20. The maximum atomic E-state index is 12.7. The van der Waals surface area contributed by atoms with E-state index in [9.17, 15) is 4.79 Å². The Morgan fingerprint density at radius 2 is 2.11 bits per heavy atom. The van der Waals surface area contributed by atoms with Crippen molar-refractivity contribution in [2.24, 2.45) is 0 Å². The second-order valence-electron chi connectivity index (χ2n) is 6.91. The maximum Gasteiger partial charge on any atom is 0.261 e. The number of carbonyl (C=O) groups is 1. The number of nitrogens with one attached hydrogen (secondary N) is 1. The number of carbonyl (C=O) groups excluding carboxylic acids is 1. The molecule has 0 radical (unpaired) electrons. The minimum Gasteiger partial charge on any atom is -0.461 e. The zero-order valence-corrected chi connectivity index (χ0v) is 17.0. The van der Waals surface area contributed by atoms with Crippen molar-refractivity contribution >= 4 is 27.5 Å². The molecule has 4 rings (SSSR count). The molecule has 28 heavy (non-hydrogen) atoms. The van der Waals surface area contributed by atoms with E-state index in [1.54, 1.807) is 6.26 Å². The fourth-order valence-electron chi connectivity index (χ4n) is 3.48. The number of ether oxygens (including phenoxy) is 1. The van der Waals surface area contributed by atoms with Gasteiger partial charge in [0.2, 0.25) is 0 Å². The molecular formula is C20H24N4O3S. The lowest BCUT2D eigenvalue weighted by molar-refractivity contribution is 0.0374. The predicted octanol–water partition coefficient (Wildman–Crippen LogP) is 3.02. The number of morpholine rings is 1. The van der Waals surface area contributed by atoms with Crippen molar-refractivity contribution in [3.8, 4) is 11.6 Å². The highest BCUT2D eigenvalue weighted by Crippen LogP contribution is 2.32. The van der Waals surface area contributed by atoms with E-state index in [0.717, 1.165) is 60.7 Å². The molecule has 7 nitrogen and oxygen atoms in total. The van der Waals surface area contributed by atoms with E-state index in [-0.39, 0.29) is 5.91 Å². The molecule has 8 heteroatoms. The van der Waals surface area contributed by atoms with Crippen LogP contribution in [0.25, 0.3) is 21.8 Å². The van der Waals surface area contributed by atoms with Crippen LogP contribution in [0.5, 0.6) is 0 Å². The summed E-state index contributed by atoms with van der Waals surface area (Å²) in [6.45, 7) is 9.09. The van der Waals surface area contributed by atoms with E-state index in [2.05, 4.69) is 20.2 Å². The van der Waals surface area contributed by atoms with Gasteiger partial charge < -0.3 is 14.5 Å². The molecule has 0 aromatic carbocycles. The zero-order valence-electron chi connectivity index (χ0n) is 16.2. The monoisotopic (exact) mass is 400 g/mol. The number of aromatic nitrogens is 2. The molecule has 3 aromatic heterocycles. The summed E-state index contributed by atoms with van der Waals surface area (Å²) in [5.74, 6) is 1.14. The minimum absolute atomic E-state index is 0.0403. The van der Waals surface area contributed by atoms with Crippen LogP contribution in [0.3, 0.4) is 0 Å². The van der Waals surface area contributed by atoms with Gasteiger partial charge in [0, 0.05) is 25.0 Å². The van der Waals surface area contributed by atoms with Crippen molar-refractivity contribution in [1.29, 1.82) is 0 Å². The normalized spacial score (nSPS) is 15.2. The summed E-state index contributed by atoms with van der Waals surface area (Å²) in [5.41, 5.74) is 1.80. The number of rotatable bonds is 6. The van der Waals surface area contributed by atoms with Crippen LogP contribution in [0, 0.1) is 13.8 Å². The third kappa shape index (κ3) is 3.94. The summed E-state index contributed by atoms with van der Waals surface area (Å²) < 4.78 is 10.8. The average molecular weight is 401 g/mol. The first-order chi connectivity index (χ1) is 13.6. The first-order valence-electron chi connectivity index (χ1n) is 9.53. The topological polar surface area (TPSA) is 80.5 Å². The zero-order chi connectivity index (χ0) is 19.5. The Morgan fingerprint density at radius 1 is 1.29 bits per heavy atom. The number of nitrogens with zero attached hydrogens (tertiary/aromatic N) is 3. The molecule has 1 N–H and O–H groups in total. The van der Waals surface area contributed by atoms with Gasteiger partial charge in [-0.2, -0.15) is 0 Å². The summed E-state index contributed by atoms with van der Waals surface area (Å²) >= 11 is 1.41. The summed E-state index contributed by atoms with van der Waals surface area (Å²) in [6, 6.07) is 3.65. The van der Waals surface area contributed by atoms with Crippen LogP contribution in [0.1, 0.15) is 27.3 Å². The Morgan fingerprint density at radius 3 is 2.86 bits per heavy atom. The lowest BCUT2D eigenvalue weighted by atomic mass is 10.1. The number of hydrogen-bond acceptors (Lipinski definition) is 7. The van der Waals surface area contributed by atoms with E-state index < -0.39 is 0 Å². The van der Waals surface area contributed by atoms with Crippen LogP contribution >= 0.6 is 11.3 Å². The highest BCUT2D eigenvalue weighted by atomic mass is 32.1. The number of aryl methyl sites for hydroxylation is 2. The number of furan rings is 1. The third-order valence-corrected chi connectivity index (χ3v) is 6.14. The lowest BCUT2D eigenvalue weighted by Gasteiger charge is -2.26. The SMILES string of the molecule is Cc1nc(-c2ccco2)nc2sc(C(=O)NCCCN3CCOCC3)c(C)c12. The van der Waals surface area contributed by atoms with E-state index in [1.165, 1.54) is 11.3 Å². The summed E-state index contributed by atoms with van der Waals surface area (Å²) in [4.78, 5) is 25.8. The molecule has 4 heterocycles. The molecule has 0 saturated carbocycles. The van der Waals surface area contributed by atoms with Gasteiger partial charge in [-0.25, -0.2) is 9.97 Å². The first-order valence-corrected chi connectivity index (χ1v) is 10.3. The molecule has 0 spiro atoms. The van der Waals surface area contributed by atoms with Crippen molar-refractivity contribution in [2.45, 2.75) is 20.3 Å². The number of amides is 1. The largest absolute Gasteiger partial charge is 0.461 e. The molecule has 0 unspecified atom stereocenters. The van der Waals surface area contributed by atoms with Crippen molar-refractivity contribution < 1.29 is 13.9 Å². The molecule has 0 atom stereocenters. The number of fused-ring (bicyclic) bond motifs is 1. The van der Waals surface area contributed by atoms with Crippen LogP contribution in [-0.2, 0) is 4.74 Å². The van der Waals surface area contributed by atoms with Crippen LogP contribution in [0.2, 0.25) is 0 Å². The van der Waals surface area contributed by atoms with Crippen LogP contribution in [0.15, 0.2) is 22.8 Å². The molecule has 3 aromatic rings. The van der Waals surface area contributed by atoms with Gasteiger partial charge in [0.25, 0.3) is 5.91 Å². The van der Waals surface area contributed by atoms with Gasteiger partial charge in [-0.05, 0) is 44.5 Å². The molecule has 1 fully saturated rings. The second-order valence-corrected chi connectivity index (χ2v) is 7.91. The van der Waals surface area contributed by atoms with E-state index in [1.807, 2.05) is 26.0 Å². The third-order valence-electron chi connectivity index (χ3n) is 4.96. The highest BCUT2D eigenvalue weighted by molar-refractivity contribution is 7.20. The fraction of sp³-hybridized carbons (Fsp3) is 0.450. The molecule has 1 aliphatic rings. The van der Waals surface area contributed by atoms with Gasteiger partial charge in [0.1, 0.15) is 4.83 Å². The van der Waals surface area contributed by atoms with Gasteiger partial charge in [-0.15, -0.1) is 11.3 Å². The van der Waals surface area contributed by atoms with Gasteiger partial charge in [0.15, 0.2) is 11.6 Å². The summed E-state index contributed by atoms with van der Waals surface area (Å²) in [5, 5.41) is 4.01. The molecule has 1 saturated heterocycles. The first kappa shape index (κ1) is 19.0. The smallest absolute Gasteiger partial charge is 0.261 e. The Labute approximate surface area is 167 Å². The Kier molecular flexibility index (Phi) is 5.70. The molecule has 0 bridgehead atoms. The molecule has 148 valence electrons. The standard InChI is InChI=1S/C20H24N4O3S/c1-13-16-14(2)22-18(15-5-3-10-27-15)23-20(16)28-17(13)19(25)21-6-4-7-24-8-11-26-12-9-24/h3,5,10H,4,6-9,11-12H2,1-2H3,(H,21,25). The molecule has 1 amide bonds. The minimum atomic E-state index is -0.0403. The van der Waals surface area contributed by atoms with Gasteiger partial charge in [0.05, 0.1) is 30.0 Å². The Bertz CT molecular complexity index is 962. The van der Waals surface area contributed by atoms with Gasteiger partial charge in [-0.1, -0.05) is 0 Å². The molecule has 0 aliphatic carbocycles. The van der Waals surface area contributed by atoms with Crippen LogP contribution < -0.4 is 5.32 Å². The van der Waals surface area contributed by atoms with Crippen LogP contribution in [-0.4, -0.2) is 60.2 Å². The predicted molar refractivity (Wildman–Crippen MR) is 109 cm³/mol. The number of hydrogen-bond donors (Lipinski definition) is 1. The van der Waals surface area contributed by atoms with Crippen molar-refractivity contribution in [2.75, 3.05) is 39.4 Å². The van der Waals surface area contributed by atoms with Crippen LogP contribution in [0.4, 0.5) is 0 Å². The van der Waals surface area contributed by atoms with Crippen molar-refractivity contribution in [1.82, 2.24) is 20.2 Å². The average Bonchev–Trinajstić information content (AvgIpc) is 3.34. The maximum absolute atomic E-state index is 12.7. The lowest BCUT2D eigenvalue weighted by Crippen LogP contribution is -2.38. The van der Waals surface area contributed by atoms with Gasteiger partial charge in [-0.3, -0.25) is 9.69 Å². The van der Waals surface area contributed by atoms with Gasteiger partial charge >= 0.3 is 0 Å². The summed E-state index contributed by atoms with van der Waals surface area (Å²) in [7, 11) is 0. The second kappa shape index (κ2) is 8.38. The molecule has 1 aliphatic heterocycles. The quantitative estimate of drug-likeness (QED) is 0.641. The van der Waals surface area contributed by atoms with Crippen molar-refractivity contribution in [3.05, 3.63) is 34.5 Å². The van der Waals surface area contributed by atoms with E-state index in [4.69, 9.17) is 9.15 Å². The van der Waals surface area contributed by atoms with E-state index in [0.29, 0.717) is 23.0 Å². The molecular weight excluding hydrogens is 376 g/mol. The Balaban J connectivity index is 1.45. The van der Waals surface area contributed by atoms with E-state index >= 15 is 0 Å². The number of thiophene rings is 1. The summed E-state index contributed by atoms with van der Waals surface area (Å²) in [6.07, 6.45) is 2.53. The van der Waals surface area contributed by atoms with Crippen molar-refractivity contribution in [3.63, 3.8) is 0 Å².